The average Bonchev–Trinajstić information content (AvgIpc) is 2.70. The third-order valence-corrected chi connectivity index (χ3v) is 6.25. The van der Waals surface area contributed by atoms with Gasteiger partial charge in [0.25, 0.3) is 0 Å². The Morgan fingerprint density at radius 3 is 2.64 bits per heavy atom. The summed E-state index contributed by atoms with van der Waals surface area (Å²) in [7, 11) is 0. The molecule has 1 aromatic rings. The number of nitrogens with one attached hydrogen (secondary N) is 1. The van der Waals surface area contributed by atoms with Crippen LogP contribution in [0.1, 0.15) is 57.1 Å². The van der Waals surface area contributed by atoms with E-state index in [0.29, 0.717) is 18.6 Å². The first-order chi connectivity index (χ1) is 13.6. The third kappa shape index (κ3) is 4.35. The molecule has 0 spiro atoms. The summed E-state index contributed by atoms with van der Waals surface area (Å²) in [6.07, 6.45) is 3.20. The van der Waals surface area contributed by atoms with Gasteiger partial charge in [0.2, 0.25) is 0 Å². The van der Waals surface area contributed by atoms with Crippen LogP contribution in [-0.4, -0.2) is 29.9 Å². The van der Waals surface area contributed by atoms with Crippen LogP contribution in [0.3, 0.4) is 0 Å². The first kappa shape index (κ1) is 20.7. The highest BCUT2D eigenvalue weighted by molar-refractivity contribution is 7.99. The van der Waals surface area contributed by atoms with Crippen LogP contribution in [0.2, 0.25) is 0 Å². The van der Waals surface area contributed by atoms with Crippen LogP contribution in [0.5, 0.6) is 0 Å². The molecule has 0 saturated heterocycles. The summed E-state index contributed by atoms with van der Waals surface area (Å²) >= 11 is 1.75. The molecule has 0 radical (unpaired) electrons. The van der Waals surface area contributed by atoms with Gasteiger partial charge in [-0.15, -0.1) is 0 Å². The van der Waals surface area contributed by atoms with Crippen molar-refractivity contribution in [2.75, 3.05) is 18.1 Å². The minimum Gasteiger partial charge on any atom is -0.461 e. The lowest BCUT2D eigenvalue weighted by molar-refractivity contribution is -0.138. The number of hydrogen-bond acceptors (Lipinski definition) is 5. The number of rotatable bonds is 7. The van der Waals surface area contributed by atoms with Gasteiger partial charge in [0, 0.05) is 35.1 Å². The Morgan fingerprint density at radius 2 is 1.96 bits per heavy atom. The lowest BCUT2D eigenvalue weighted by atomic mass is 9.75. The first-order valence-electron chi connectivity index (χ1n) is 10.1. The molecule has 1 aliphatic carbocycles. The molecular weight excluding hydrogens is 370 g/mol. The molecule has 0 saturated carbocycles. The van der Waals surface area contributed by atoms with Crippen LogP contribution in [-0.2, 0) is 20.7 Å². The van der Waals surface area contributed by atoms with E-state index in [2.05, 4.69) is 43.4 Å². The van der Waals surface area contributed by atoms with Crippen molar-refractivity contribution in [1.82, 2.24) is 5.32 Å². The van der Waals surface area contributed by atoms with Crippen molar-refractivity contribution < 1.29 is 14.3 Å². The van der Waals surface area contributed by atoms with Gasteiger partial charge in [-0.05, 0) is 43.1 Å². The second kappa shape index (κ2) is 9.46. The van der Waals surface area contributed by atoms with Crippen molar-refractivity contribution in [1.29, 1.82) is 0 Å². The zero-order valence-corrected chi connectivity index (χ0v) is 17.8. The molecule has 0 aromatic heterocycles. The van der Waals surface area contributed by atoms with E-state index in [9.17, 15) is 9.59 Å². The zero-order valence-electron chi connectivity index (χ0n) is 17.0. The Kier molecular flexibility index (Phi) is 7.00. The zero-order chi connectivity index (χ0) is 20.1. The molecule has 5 heteroatoms. The Hall–Kier alpha value is -2.01. The molecular formula is C23H29NO3S. The summed E-state index contributed by atoms with van der Waals surface area (Å²) < 4.78 is 5.57. The van der Waals surface area contributed by atoms with Crippen LogP contribution in [0, 0.1) is 0 Å². The average molecular weight is 400 g/mol. The summed E-state index contributed by atoms with van der Waals surface area (Å²) in [6.45, 7) is 6.50. The number of carbonyl (C=O) groups excluding carboxylic acids is 2. The monoisotopic (exact) mass is 399 g/mol. The summed E-state index contributed by atoms with van der Waals surface area (Å²) in [6, 6.07) is 8.27. The Balaban J connectivity index is 1.97. The molecule has 3 rings (SSSR count). The van der Waals surface area contributed by atoms with E-state index in [1.54, 1.807) is 11.8 Å². The number of Topliss-reactive ketones (excluding diaryl/α,β-unsaturated/α-hetero) is 1. The van der Waals surface area contributed by atoms with Gasteiger partial charge >= 0.3 is 5.97 Å². The summed E-state index contributed by atoms with van der Waals surface area (Å²) in [5.74, 6) is 1.25. The standard InChI is InChI=1S/C23H29NO3S/c1-4-16-9-11-17(12-10-16)21-20(23(26)27-13-14-28-5-2)15(3)24-18-7-6-8-19(25)22(18)21/h9-12,21,24H,4-8,13-14H2,1-3H3/t21-/m1/s1. The lowest BCUT2D eigenvalue weighted by Gasteiger charge is -2.34. The molecule has 0 unspecified atom stereocenters. The second-order valence-corrected chi connectivity index (χ2v) is 8.59. The number of carbonyl (C=O) groups is 2. The number of ether oxygens (including phenoxy) is 1. The van der Waals surface area contributed by atoms with Gasteiger partial charge in [0.1, 0.15) is 6.61 Å². The van der Waals surface area contributed by atoms with Crippen LogP contribution >= 0.6 is 11.8 Å². The third-order valence-electron chi connectivity index (χ3n) is 5.38. The minimum atomic E-state index is -0.346. The largest absolute Gasteiger partial charge is 0.461 e. The highest BCUT2D eigenvalue weighted by Gasteiger charge is 2.38. The Bertz CT molecular complexity index is 808. The Labute approximate surface area is 171 Å². The van der Waals surface area contributed by atoms with Gasteiger partial charge < -0.3 is 10.1 Å². The van der Waals surface area contributed by atoms with Gasteiger partial charge in [0.15, 0.2) is 5.78 Å². The highest BCUT2D eigenvalue weighted by Crippen LogP contribution is 2.42. The molecule has 2 aliphatic rings. The maximum atomic E-state index is 13.0. The summed E-state index contributed by atoms with van der Waals surface area (Å²) in [4.78, 5) is 25.8. The Morgan fingerprint density at radius 1 is 1.21 bits per heavy atom. The molecule has 1 aliphatic heterocycles. The molecule has 4 nitrogen and oxygen atoms in total. The van der Waals surface area contributed by atoms with E-state index in [1.165, 1.54) is 5.56 Å². The van der Waals surface area contributed by atoms with Crippen molar-refractivity contribution in [3.8, 4) is 0 Å². The number of benzene rings is 1. The fourth-order valence-corrected chi connectivity index (χ4v) is 4.44. The molecule has 1 N–H and O–H groups in total. The molecule has 0 fully saturated rings. The molecule has 1 aromatic carbocycles. The van der Waals surface area contributed by atoms with Crippen molar-refractivity contribution >= 4 is 23.5 Å². The fraction of sp³-hybridized carbons (Fsp3) is 0.478. The van der Waals surface area contributed by atoms with Gasteiger partial charge in [-0.3, -0.25) is 4.79 Å². The molecule has 0 bridgehead atoms. The predicted molar refractivity (Wildman–Crippen MR) is 114 cm³/mol. The number of thioether (sulfide) groups is 1. The van der Waals surface area contributed by atoms with E-state index in [0.717, 1.165) is 53.3 Å². The number of hydrogen-bond donors (Lipinski definition) is 1. The number of aryl methyl sites for hydroxylation is 1. The highest BCUT2D eigenvalue weighted by atomic mass is 32.2. The van der Waals surface area contributed by atoms with E-state index >= 15 is 0 Å². The van der Waals surface area contributed by atoms with Gasteiger partial charge in [-0.2, -0.15) is 11.8 Å². The maximum absolute atomic E-state index is 13.0. The number of dihydropyridines is 1. The van der Waals surface area contributed by atoms with Crippen molar-refractivity contribution in [2.45, 2.75) is 52.4 Å². The van der Waals surface area contributed by atoms with Crippen molar-refractivity contribution in [2.24, 2.45) is 0 Å². The lowest BCUT2D eigenvalue weighted by Crippen LogP contribution is -2.34. The van der Waals surface area contributed by atoms with E-state index in [-0.39, 0.29) is 17.7 Å². The van der Waals surface area contributed by atoms with Gasteiger partial charge in [-0.1, -0.05) is 38.1 Å². The number of ketones is 1. The number of esters is 1. The first-order valence-corrected chi connectivity index (χ1v) is 11.3. The molecule has 150 valence electrons. The predicted octanol–water partition coefficient (Wildman–Crippen LogP) is 4.51. The molecule has 1 heterocycles. The SMILES string of the molecule is CCSCCOC(=O)C1=C(C)NC2=C(C(=O)CCC2)[C@@H]1c1ccc(CC)cc1. The van der Waals surface area contributed by atoms with E-state index in [1.807, 2.05) is 6.92 Å². The van der Waals surface area contributed by atoms with Crippen molar-refractivity contribution in [3.05, 3.63) is 57.9 Å². The molecule has 1 atom stereocenters. The fourth-order valence-electron chi connectivity index (χ4n) is 3.95. The summed E-state index contributed by atoms with van der Waals surface area (Å²) in [5.41, 5.74) is 5.30. The topological polar surface area (TPSA) is 55.4 Å². The minimum absolute atomic E-state index is 0.137. The second-order valence-electron chi connectivity index (χ2n) is 7.19. The summed E-state index contributed by atoms with van der Waals surface area (Å²) in [5, 5.41) is 3.34. The van der Waals surface area contributed by atoms with Crippen LogP contribution in [0.4, 0.5) is 0 Å². The van der Waals surface area contributed by atoms with Crippen LogP contribution < -0.4 is 5.32 Å². The van der Waals surface area contributed by atoms with Crippen LogP contribution in [0.25, 0.3) is 0 Å². The van der Waals surface area contributed by atoms with Crippen LogP contribution in [0.15, 0.2) is 46.8 Å². The molecule has 0 amide bonds. The van der Waals surface area contributed by atoms with Gasteiger partial charge in [0.05, 0.1) is 5.57 Å². The number of allylic oxidation sites excluding steroid dienone is 3. The smallest absolute Gasteiger partial charge is 0.336 e. The molecule has 28 heavy (non-hydrogen) atoms. The van der Waals surface area contributed by atoms with E-state index in [4.69, 9.17) is 4.74 Å². The normalized spacial score (nSPS) is 19.4. The van der Waals surface area contributed by atoms with E-state index < -0.39 is 0 Å². The quantitative estimate of drug-likeness (QED) is 0.540. The van der Waals surface area contributed by atoms with Gasteiger partial charge in [-0.25, -0.2) is 4.79 Å². The van der Waals surface area contributed by atoms with Crippen molar-refractivity contribution in [3.63, 3.8) is 0 Å². The maximum Gasteiger partial charge on any atom is 0.336 e.